The predicted molar refractivity (Wildman–Crippen MR) is 106 cm³/mol. The quantitative estimate of drug-likeness (QED) is 0.687. The summed E-state index contributed by atoms with van der Waals surface area (Å²) in [5.41, 5.74) is 2.49. The van der Waals surface area contributed by atoms with E-state index in [4.69, 9.17) is 21.1 Å². The maximum Gasteiger partial charge on any atom is 0.179 e. The van der Waals surface area contributed by atoms with Gasteiger partial charge in [0.15, 0.2) is 11.5 Å². The smallest absolute Gasteiger partial charge is 0.179 e. The lowest BCUT2D eigenvalue weighted by Gasteiger charge is -2.24. The van der Waals surface area contributed by atoms with Crippen LogP contribution in [0.5, 0.6) is 11.5 Å². The van der Waals surface area contributed by atoms with Crippen molar-refractivity contribution < 1.29 is 9.47 Å². The summed E-state index contributed by atoms with van der Waals surface area (Å²) in [5, 5.41) is 2.86. The standard InChI is InChI=1S/C20H26ClNO2S/c1-4-5-9-22-10-8-14-15(16(13-22)18-7-6-11-25-18)12-17(23-2)20(24-3)19(14)21/h6-7,11-12,16H,4-5,8-10,13H2,1-3H3. The molecule has 0 N–H and O–H groups in total. The van der Waals surface area contributed by atoms with Crippen LogP contribution in [-0.2, 0) is 6.42 Å². The number of hydrogen-bond donors (Lipinski definition) is 0. The molecule has 0 spiro atoms. The van der Waals surface area contributed by atoms with E-state index >= 15 is 0 Å². The van der Waals surface area contributed by atoms with Crippen molar-refractivity contribution in [3.05, 3.63) is 44.6 Å². The van der Waals surface area contributed by atoms with Gasteiger partial charge in [-0.3, -0.25) is 0 Å². The normalized spacial score (nSPS) is 17.8. The summed E-state index contributed by atoms with van der Waals surface area (Å²) in [6.45, 7) is 5.44. The molecule has 0 fully saturated rings. The van der Waals surface area contributed by atoms with Crippen LogP contribution in [0, 0.1) is 0 Å². The summed E-state index contributed by atoms with van der Waals surface area (Å²) >= 11 is 8.56. The summed E-state index contributed by atoms with van der Waals surface area (Å²) in [5.74, 6) is 1.69. The molecule has 25 heavy (non-hydrogen) atoms. The molecule has 0 saturated heterocycles. The molecular weight excluding hydrogens is 354 g/mol. The first kappa shape index (κ1) is 18.6. The number of nitrogens with zero attached hydrogens (tertiary/aromatic N) is 1. The van der Waals surface area contributed by atoms with Gasteiger partial charge >= 0.3 is 0 Å². The van der Waals surface area contributed by atoms with E-state index in [0.29, 0.717) is 16.7 Å². The minimum absolute atomic E-state index is 0.326. The average Bonchev–Trinajstić information content (AvgIpc) is 3.09. The largest absolute Gasteiger partial charge is 0.493 e. The monoisotopic (exact) mass is 379 g/mol. The van der Waals surface area contributed by atoms with E-state index in [1.807, 2.05) is 11.3 Å². The number of ether oxygens (including phenoxy) is 2. The molecule has 3 nitrogen and oxygen atoms in total. The van der Waals surface area contributed by atoms with Crippen LogP contribution in [0.1, 0.15) is 41.7 Å². The second-order valence-corrected chi connectivity index (χ2v) is 7.82. The van der Waals surface area contributed by atoms with Gasteiger partial charge in [-0.2, -0.15) is 0 Å². The van der Waals surface area contributed by atoms with Crippen molar-refractivity contribution >= 4 is 22.9 Å². The van der Waals surface area contributed by atoms with Crippen molar-refractivity contribution in [3.63, 3.8) is 0 Å². The molecule has 1 aromatic carbocycles. The molecule has 3 rings (SSSR count). The molecule has 0 saturated carbocycles. The first-order chi connectivity index (χ1) is 12.2. The van der Waals surface area contributed by atoms with Crippen LogP contribution >= 0.6 is 22.9 Å². The SMILES string of the molecule is CCCCN1CCc2c(cc(OC)c(OC)c2Cl)C(c2cccs2)C1. The van der Waals surface area contributed by atoms with Gasteiger partial charge in [-0.25, -0.2) is 0 Å². The first-order valence-electron chi connectivity index (χ1n) is 8.88. The van der Waals surface area contributed by atoms with Gasteiger partial charge in [-0.15, -0.1) is 11.3 Å². The molecule has 1 aromatic heterocycles. The molecular formula is C20H26ClNO2S. The Morgan fingerprint density at radius 3 is 2.80 bits per heavy atom. The Kier molecular flexibility index (Phi) is 6.26. The van der Waals surface area contributed by atoms with Gasteiger partial charge in [0.05, 0.1) is 19.2 Å². The van der Waals surface area contributed by atoms with Crippen LogP contribution < -0.4 is 9.47 Å². The van der Waals surface area contributed by atoms with Crippen molar-refractivity contribution in [2.75, 3.05) is 33.9 Å². The fourth-order valence-corrected chi connectivity index (χ4v) is 4.82. The van der Waals surface area contributed by atoms with Gasteiger partial charge in [0.1, 0.15) is 0 Å². The molecule has 1 unspecified atom stereocenters. The molecule has 2 aromatic rings. The fraction of sp³-hybridized carbons (Fsp3) is 0.500. The highest BCUT2D eigenvalue weighted by molar-refractivity contribution is 7.10. The summed E-state index contributed by atoms with van der Waals surface area (Å²) in [7, 11) is 3.32. The van der Waals surface area contributed by atoms with Crippen LogP contribution in [0.4, 0.5) is 0 Å². The van der Waals surface area contributed by atoms with E-state index in [9.17, 15) is 0 Å². The number of rotatable bonds is 6. The molecule has 0 aliphatic carbocycles. The van der Waals surface area contributed by atoms with Gasteiger partial charge in [0, 0.05) is 23.9 Å². The summed E-state index contributed by atoms with van der Waals surface area (Å²) in [6, 6.07) is 6.49. The highest BCUT2D eigenvalue weighted by atomic mass is 35.5. The molecule has 1 aliphatic rings. The summed E-state index contributed by atoms with van der Waals surface area (Å²) < 4.78 is 11.1. The van der Waals surface area contributed by atoms with Gasteiger partial charge in [-0.1, -0.05) is 31.0 Å². The number of unbranched alkanes of at least 4 members (excludes halogenated alkanes) is 1. The highest BCUT2D eigenvalue weighted by Crippen LogP contribution is 2.45. The Morgan fingerprint density at radius 1 is 1.32 bits per heavy atom. The topological polar surface area (TPSA) is 21.7 Å². The lowest BCUT2D eigenvalue weighted by atomic mass is 9.91. The molecule has 5 heteroatoms. The fourth-order valence-electron chi connectivity index (χ4n) is 3.61. The van der Waals surface area contributed by atoms with E-state index in [1.54, 1.807) is 14.2 Å². The van der Waals surface area contributed by atoms with Crippen molar-refractivity contribution in [1.29, 1.82) is 0 Å². The Hall–Kier alpha value is -1.23. The van der Waals surface area contributed by atoms with E-state index in [1.165, 1.54) is 28.8 Å². The molecule has 1 aliphatic heterocycles. The minimum Gasteiger partial charge on any atom is -0.493 e. The number of halogens is 1. The Labute approximate surface area is 159 Å². The summed E-state index contributed by atoms with van der Waals surface area (Å²) in [4.78, 5) is 3.95. The number of benzene rings is 1. The molecule has 1 atom stereocenters. The zero-order valence-electron chi connectivity index (χ0n) is 15.2. The summed E-state index contributed by atoms with van der Waals surface area (Å²) in [6.07, 6.45) is 3.39. The first-order valence-corrected chi connectivity index (χ1v) is 10.1. The number of fused-ring (bicyclic) bond motifs is 1. The number of methoxy groups -OCH3 is 2. The second-order valence-electron chi connectivity index (χ2n) is 6.47. The Morgan fingerprint density at radius 2 is 2.16 bits per heavy atom. The van der Waals surface area contributed by atoms with Crippen LogP contribution in [-0.4, -0.2) is 38.8 Å². The molecule has 136 valence electrons. The van der Waals surface area contributed by atoms with Crippen molar-refractivity contribution in [2.24, 2.45) is 0 Å². The molecule has 0 amide bonds. The minimum atomic E-state index is 0.326. The highest BCUT2D eigenvalue weighted by Gasteiger charge is 2.29. The van der Waals surface area contributed by atoms with Crippen molar-refractivity contribution in [1.82, 2.24) is 4.90 Å². The van der Waals surface area contributed by atoms with E-state index in [-0.39, 0.29) is 0 Å². The molecule has 0 bridgehead atoms. The van der Waals surface area contributed by atoms with Crippen LogP contribution in [0.3, 0.4) is 0 Å². The van der Waals surface area contributed by atoms with Gasteiger partial charge in [-0.05, 0) is 48.0 Å². The second kappa shape index (κ2) is 8.43. The van der Waals surface area contributed by atoms with Gasteiger partial charge in [0.25, 0.3) is 0 Å². The lowest BCUT2D eigenvalue weighted by Crippen LogP contribution is -2.29. The van der Waals surface area contributed by atoms with Gasteiger partial charge in [0.2, 0.25) is 0 Å². The van der Waals surface area contributed by atoms with Crippen molar-refractivity contribution in [2.45, 2.75) is 32.1 Å². The van der Waals surface area contributed by atoms with E-state index in [0.717, 1.165) is 31.8 Å². The Balaban J connectivity index is 2.07. The lowest BCUT2D eigenvalue weighted by molar-refractivity contribution is 0.273. The zero-order chi connectivity index (χ0) is 17.8. The number of hydrogen-bond acceptors (Lipinski definition) is 4. The zero-order valence-corrected chi connectivity index (χ0v) is 16.8. The Bertz CT molecular complexity index is 702. The molecule has 0 radical (unpaired) electrons. The van der Waals surface area contributed by atoms with Crippen LogP contribution in [0.15, 0.2) is 23.6 Å². The third-order valence-corrected chi connectivity index (χ3v) is 6.34. The number of thiophene rings is 1. The molecule has 2 heterocycles. The third-order valence-electron chi connectivity index (χ3n) is 4.96. The van der Waals surface area contributed by atoms with Crippen molar-refractivity contribution in [3.8, 4) is 11.5 Å². The predicted octanol–water partition coefficient (Wildman–Crippen LogP) is 5.21. The van der Waals surface area contributed by atoms with E-state index < -0.39 is 0 Å². The average molecular weight is 380 g/mol. The maximum atomic E-state index is 6.74. The third kappa shape index (κ3) is 3.81. The maximum absolute atomic E-state index is 6.74. The van der Waals surface area contributed by atoms with Crippen LogP contribution in [0.2, 0.25) is 5.02 Å². The van der Waals surface area contributed by atoms with E-state index in [2.05, 4.69) is 35.4 Å². The van der Waals surface area contributed by atoms with Gasteiger partial charge < -0.3 is 14.4 Å². The van der Waals surface area contributed by atoms with Crippen LogP contribution in [0.25, 0.3) is 0 Å².